The Morgan fingerprint density at radius 3 is 2.29 bits per heavy atom. The summed E-state index contributed by atoms with van der Waals surface area (Å²) in [5.74, 6) is 0.674. The van der Waals surface area contributed by atoms with Gasteiger partial charge in [-0.25, -0.2) is 4.79 Å². The fraction of sp³-hybridized carbons (Fsp3) is 0.417. The maximum Gasteiger partial charge on any atom is 0.338 e. The zero-order chi connectivity index (χ0) is 22.5. The summed E-state index contributed by atoms with van der Waals surface area (Å²) >= 11 is 0. The van der Waals surface area contributed by atoms with Crippen molar-refractivity contribution < 1.29 is 28.5 Å². The number of methoxy groups -OCH3 is 1. The fourth-order valence-electron chi connectivity index (χ4n) is 3.48. The van der Waals surface area contributed by atoms with Crippen molar-refractivity contribution in [2.24, 2.45) is 0 Å². The minimum absolute atomic E-state index is 0.222. The lowest BCUT2D eigenvalue weighted by atomic mass is 9.92. The van der Waals surface area contributed by atoms with Gasteiger partial charge in [0.25, 0.3) is 5.91 Å². The number of esters is 1. The molecular formula is C24H29NO6. The lowest BCUT2D eigenvalue weighted by Crippen LogP contribution is -2.23. The van der Waals surface area contributed by atoms with Crippen molar-refractivity contribution in [1.82, 2.24) is 0 Å². The second-order valence-electron chi connectivity index (χ2n) is 7.95. The average Bonchev–Trinajstić information content (AvgIpc) is 2.76. The molecule has 0 unspecified atom stereocenters. The third kappa shape index (κ3) is 5.10. The minimum atomic E-state index is -0.647. The van der Waals surface area contributed by atoms with Crippen LogP contribution in [0.25, 0.3) is 0 Å². The summed E-state index contributed by atoms with van der Waals surface area (Å²) in [6, 6.07) is 9.04. The molecule has 0 fully saturated rings. The van der Waals surface area contributed by atoms with E-state index in [2.05, 4.69) is 33.0 Å². The van der Waals surface area contributed by atoms with Gasteiger partial charge in [0.1, 0.15) is 13.2 Å². The Labute approximate surface area is 182 Å². The number of hydrogen-bond acceptors (Lipinski definition) is 6. The molecule has 0 aliphatic carbocycles. The third-order valence-electron chi connectivity index (χ3n) is 5.04. The Balaban J connectivity index is 1.72. The number of fused-ring (bicyclic) bond motifs is 1. The molecule has 0 spiro atoms. The number of anilines is 1. The highest BCUT2D eigenvalue weighted by molar-refractivity contribution is 5.97. The average molecular weight is 427 g/mol. The fourth-order valence-corrected chi connectivity index (χ4v) is 3.48. The zero-order valence-corrected chi connectivity index (χ0v) is 18.6. The number of carbonyl (C=O) groups excluding carboxylic acids is 2. The van der Waals surface area contributed by atoms with Crippen molar-refractivity contribution in [1.29, 1.82) is 0 Å². The molecule has 1 aliphatic rings. The molecule has 7 heteroatoms. The quantitative estimate of drug-likeness (QED) is 0.655. The lowest BCUT2D eigenvalue weighted by molar-refractivity contribution is -0.119. The molecule has 0 radical (unpaired) electrons. The van der Waals surface area contributed by atoms with Gasteiger partial charge in [0, 0.05) is 5.69 Å². The molecule has 2 aromatic rings. The zero-order valence-electron chi connectivity index (χ0n) is 18.6. The minimum Gasteiger partial charge on any atom is -0.493 e. The Kier molecular flexibility index (Phi) is 7.05. The molecule has 2 aromatic carbocycles. The van der Waals surface area contributed by atoms with Crippen LogP contribution in [0.5, 0.6) is 17.2 Å². The van der Waals surface area contributed by atoms with Gasteiger partial charge in [-0.05, 0) is 35.1 Å². The molecule has 1 amide bonds. The highest BCUT2D eigenvalue weighted by Crippen LogP contribution is 2.40. The Morgan fingerprint density at radius 1 is 1.03 bits per heavy atom. The number of rotatable bonds is 7. The first kappa shape index (κ1) is 22.5. The summed E-state index contributed by atoms with van der Waals surface area (Å²) in [5, 5.41) is 2.94. The second kappa shape index (κ2) is 9.73. The smallest absolute Gasteiger partial charge is 0.338 e. The molecule has 1 heterocycles. The van der Waals surface area contributed by atoms with Crippen LogP contribution in [0.1, 0.15) is 61.0 Å². The van der Waals surface area contributed by atoms with E-state index in [1.807, 2.05) is 18.2 Å². The van der Waals surface area contributed by atoms with Crippen molar-refractivity contribution >= 4 is 17.6 Å². The van der Waals surface area contributed by atoms with Crippen molar-refractivity contribution in [3.8, 4) is 17.2 Å². The first-order valence-corrected chi connectivity index (χ1v) is 10.4. The number of hydrogen-bond donors (Lipinski definition) is 1. The molecule has 3 rings (SSSR count). The number of para-hydroxylation sites is 1. The van der Waals surface area contributed by atoms with Gasteiger partial charge >= 0.3 is 5.97 Å². The molecule has 0 saturated carbocycles. The van der Waals surface area contributed by atoms with E-state index in [0.717, 1.165) is 16.8 Å². The predicted octanol–water partition coefficient (Wildman–Crippen LogP) is 4.51. The van der Waals surface area contributed by atoms with E-state index in [1.54, 1.807) is 0 Å². The Morgan fingerprint density at radius 2 is 1.68 bits per heavy atom. The second-order valence-corrected chi connectivity index (χ2v) is 7.95. The Hall–Kier alpha value is -3.22. The van der Waals surface area contributed by atoms with Crippen LogP contribution < -0.4 is 19.5 Å². The van der Waals surface area contributed by atoms with Crippen LogP contribution in [0.3, 0.4) is 0 Å². The number of benzene rings is 2. The van der Waals surface area contributed by atoms with Crippen LogP contribution in [0.15, 0.2) is 30.3 Å². The van der Waals surface area contributed by atoms with Crippen molar-refractivity contribution in [2.75, 3.05) is 32.2 Å². The van der Waals surface area contributed by atoms with Crippen LogP contribution in [0, 0.1) is 0 Å². The molecular weight excluding hydrogens is 398 g/mol. The predicted molar refractivity (Wildman–Crippen MR) is 118 cm³/mol. The van der Waals surface area contributed by atoms with Crippen molar-refractivity contribution in [3.63, 3.8) is 0 Å². The lowest BCUT2D eigenvalue weighted by Gasteiger charge is -2.21. The number of carbonyl (C=O) groups is 2. The number of ether oxygens (including phenoxy) is 4. The third-order valence-corrected chi connectivity index (χ3v) is 5.04. The van der Waals surface area contributed by atoms with E-state index >= 15 is 0 Å². The summed E-state index contributed by atoms with van der Waals surface area (Å²) in [4.78, 5) is 25.1. The topological polar surface area (TPSA) is 83.1 Å². The SMILES string of the molecule is COc1cc(C(=O)OCC(=O)Nc2c(C(C)C)cccc2C(C)C)cc2c1OCCO2. The van der Waals surface area contributed by atoms with Gasteiger partial charge in [0.05, 0.1) is 12.7 Å². The standard InChI is InChI=1S/C24H29NO6/c1-14(2)17-7-6-8-18(15(3)4)22(17)25-21(26)13-31-24(27)16-11-19(28-5)23-20(12-16)29-9-10-30-23/h6-8,11-12,14-15H,9-10,13H2,1-5H3,(H,25,26). The van der Waals surface area contributed by atoms with Gasteiger partial charge in [0.2, 0.25) is 5.75 Å². The van der Waals surface area contributed by atoms with Crippen molar-refractivity contribution in [2.45, 2.75) is 39.5 Å². The van der Waals surface area contributed by atoms with Gasteiger partial charge in [-0.15, -0.1) is 0 Å². The van der Waals surface area contributed by atoms with Crippen LogP contribution in [0.4, 0.5) is 5.69 Å². The molecule has 0 bridgehead atoms. The van der Waals surface area contributed by atoms with E-state index in [9.17, 15) is 9.59 Å². The van der Waals surface area contributed by atoms with E-state index in [4.69, 9.17) is 18.9 Å². The van der Waals surface area contributed by atoms with Gasteiger partial charge < -0.3 is 24.3 Å². The van der Waals surface area contributed by atoms with Gasteiger partial charge in [-0.2, -0.15) is 0 Å². The number of nitrogens with one attached hydrogen (secondary N) is 1. The maximum absolute atomic E-state index is 12.6. The van der Waals surface area contributed by atoms with Gasteiger partial charge in [-0.3, -0.25) is 4.79 Å². The normalized spacial score (nSPS) is 12.6. The first-order chi connectivity index (χ1) is 14.8. The van der Waals surface area contributed by atoms with Crippen LogP contribution in [-0.2, 0) is 9.53 Å². The van der Waals surface area contributed by atoms with E-state index in [0.29, 0.717) is 30.5 Å². The van der Waals surface area contributed by atoms with Gasteiger partial charge in [0.15, 0.2) is 18.1 Å². The molecule has 166 valence electrons. The van der Waals surface area contributed by atoms with E-state index in [1.165, 1.54) is 19.2 Å². The van der Waals surface area contributed by atoms with E-state index in [-0.39, 0.29) is 17.4 Å². The van der Waals surface area contributed by atoms with E-state index < -0.39 is 18.5 Å². The summed E-state index contributed by atoms with van der Waals surface area (Å²) in [5.41, 5.74) is 3.10. The molecule has 7 nitrogen and oxygen atoms in total. The highest BCUT2D eigenvalue weighted by atomic mass is 16.6. The van der Waals surface area contributed by atoms with Gasteiger partial charge in [-0.1, -0.05) is 45.9 Å². The molecule has 0 atom stereocenters. The largest absolute Gasteiger partial charge is 0.493 e. The maximum atomic E-state index is 12.6. The molecule has 1 N–H and O–H groups in total. The number of amides is 1. The Bertz CT molecular complexity index is 923. The van der Waals surface area contributed by atoms with Crippen molar-refractivity contribution in [3.05, 3.63) is 47.0 Å². The van der Waals surface area contributed by atoms with Crippen LogP contribution >= 0.6 is 0 Å². The molecule has 31 heavy (non-hydrogen) atoms. The molecule has 0 aromatic heterocycles. The monoisotopic (exact) mass is 427 g/mol. The van der Waals surface area contributed by atoms with Crippen LogP contribution in [-0.4, -0.2) is 38.8 Å². The first-order valence-electron chi connectivity index (χ1n) is 10.4. The van der Waals surface area contributed by atoms with Crippen LogP contribution in [0.2, 0.25) is 0 Å². The summed E-state index contributed by atoms with van der Waals surface area (Å²) in [6.45, 7) is 8.68. The molecule has 1 aliphatic heterocycles. The summed E-state index contributed by atoms with van der Waals surface area (Å²) in [7, 11) is 1.48. The summed E-state index contributed by atoms with van der Waals surface area (Å²) in [6.07, 6.45) is 0. The summed E-state index contributed by atoms with van der Waals surface area (Å²) < 4.78 is 21.6. The highest BCUT2D eigenvalue weighted by Gasteiger charge is 2.22. The molecule has 0 saturated heterocycles.